The lowest BCUT2D eigenvalue weighted by atomic mass is 10.2. The Balaban J connectivity index is 2.49. The lowest BCUT2D eigenvalue weighted by Crippen LogP contribution is -2.41. The quantitative estimate of drug-likeness (QED) is 0.750. The van der Waals surface area contributed by atoms with Gasteiger partial charge in [-0.25, -0.2) is 4.99 Å². The number of nitrogens with one attached hydrogen (secondary N) is 1. The maximum Gasteiger partial charge on any atom is 0.192 e. The Kier molecular flexibility index (Phi) is 3.73. The van der Waals surface area contributed by atoms with Crippen LogP contribution in [0.25, 0.3) is 0 Å². The summed E-state index contributed by atoms with van der Waals surface area (Å²) in [4.78, 5) is 4.06. The summed E-state index contributed by atoms with van der Waals surface area (Å²) in [6.45, 7) is 12.9. The zero-order valence-corrected chi connectivity index (χ0v) is 11.4. The van der Waals surface area contributed by atoms with Gasteiger partial charge in [0.15, 0.2) is 8.32 Å². The highest BCUT2D eigenvalue weighted by Gasteiger charge is 2.37. The molecule has 1 aliphatic rings. The van der Waals surface area contributed by atoms with Gasteiger partial charge in [0, 0.05) is 12.7 Å². The topological polar surface area (TPSA) is 33.6 Å². The minimum Gasteiger partial charge on any atom is -0.413 e. The second-order valence-electron chi connectivity index (χ2n) is 5.50. The van der Waals surface area contributed by atoms with Gasteiger partial charge in [-0.15, -0.1) is 0 Å². The minimum atomic E-state index is -1.61. The van der Waals surface area contributed by atoms with E-state index in [0.29, 0.717) is 6.61 Å². The van der Waals surface area contributed by atoms with Gasteiger partial charge in [-0.1, -0.05) is 20.8 Å². The molecule has 1 rings (SSSR count). The number of aliphatic imine (C=N–C) groups is 1. The van der Waals surface area contributed by atoms with Crippen LogP contribution in [0.2, 0.25) is 18.1 Å². The van der Waals surface area contributed by atoms with E-state index in [-0.39, 0.29) is 5.04 Å². The molecular formula is C11H22N2OSi. The van der Waals surface area contributed by atoms with Crippen molar-refractivity contribution in [3.8, 4) is 0 Å². The summed E-state index contributed by atoms with van der Waals surface area (Å²) in [6.07, 6.45) is 3.61. The molecule has 0 saturated heterocycles. The molecule has 3 nitrogen and oxygen atoms in total. The van der Waals surface area contributed by atoms with Crippen molar-refractivity contribution in [2.24, 2.45) is 4.99 Å². The van der Waals surface area contributed by atoms with E-state index >= 15 is 0 Å². The van der Waals surface area contributed by atoms with Crippen LogP contribution in [0.5, 0.6) is 0 Å². The minimum absolute atomic E-state index is 0.277. The van der Waals surface area contributed by atoms with Crippen LogP contribution in [0, 0.1) is 0 Å². The van der Waals surface area contributed by atoms with Crippen LogP contribution in [-0.4, -0.2) is 27.8 Å². The molecular weight excluding hydrogens is 204 g/mol. The third kappa shape index (κ3) is 3.46. The lowest BCUT2D eigenvalue weighted by Gasteiger charge is -2.36. The van der Waals surface area contributed by atoms with Crippen molar-refractivity contribution in [3.63, 3.8) is 0 Å². The number of hydrogen-bond acceptors (Lipinski definition) is 3. The van der Waals surface area contributed by atoms with E-state index in [4.69, 9.17) is 4.43 Å². The fraction of sp³-hybridized carbons (Fsp3) is 0.727. The van der Waals surface area contributed by atoms with Crippen molar-refractivity contribution < 1.29 is 4.43 Å². The molecule has 0 spiro atoms. The normalized spacial score (nSPS) is 17.3. The molecule has 0 fully saturated rings. The van der Waals surface area contributed by atoms with Crippen molar-refractivity contribution in [1.29, 1.82) is 0 Å². The molecule has 0 bridgehead atoms. The first kappa shape index (κ1) is 12.5. The Hall–Kier alpha value is -0.613. The van der Waals surface area contributed by atoms with Gasteiger partial charge in [-0.2, -0.15) is 0 Å². The van der Waals surface area contributed by atoms with Gasteiger partial charge in [0.2, 0.25) is 0 Å². The molecule has 0 atom stereocenters. The standard InChI is InChI=1S/C11H22N2OSi/c1-11(2,3)15(4,5)14-8-10-6-12-9-13-7-10/h6,9H,7-8H2,1-5H3,(H,12,13). The van der Waals surface area contributed by atoms with Crippen molar-refractivity contribution in [3.05, 3.63) is 11.8 Å². The molecule has 0 aromatic rings. The molecule has 0 radical (unpaired) electrons. The van der Waals surface area contributed by atoms with Crippen LogP contribution in [-0.2, 0) is 4.43 Å². The molecule has 0 saturated carbocycles. The summed E-state index contributed by atoms with van der Waals surface area (Å²) in [7, 11) is -1.61. The highest BCUT2D eigenvalue weighted by Crippen LogP contribution is 2.36. The maximum absolute atomic E-state index is 6.09. The molecule has 0 aliphatic carbocycles. The largest absolute Gasteiger partial charge is 0.413 e. The van der Waals surface area contributed by atoms with Crippen molar-refractivity contribution in [1.82, 2.24) is 5.32 Å². The molecule has 0 aromatic heterocycles. The Morgan fingerprint density at radius 3 is 2.60 bits per heavy atom. The predicted octanol–water partition coefficient (Wildman–Crippen LogP) is 2.52. The Morgan fingerprint density at radius 2 is 2.13 bits per heavy atom. The third-order valence-electron chi connectivity index (χ3n) is 3.18. The van der Waals surface area contributed by atoms with Gasteiger partial charge in [-0.3, -0.25) is 0 Å². The van der Waals surface area contributed by atoms with Gasteiger partial charge in [0.25, 0.3) is 0 Å². The monoisotopic (exact) mass is 226 g/mol. The van der Waals surface area contributed by atoms with Crippen LogP contribution in [0.15, 0.2) is 16.8 Å². The zero-order chi connectivity index (χ0) is 11.5. The second-order valence-corrected chi connectivity index (χ2v) is 10.3. The van der Waals surface area contributed by atoms with Crippen LogP contribution in [0.3, 0.4) is 0 Å². The van der Waals surface area contributed by atoms with E-state index in [2.05, 4.69) is 44.2 Å². The summed E-state index contributed by atoms with van der Waals surface area (Å²) in [5.41, 5.74) is 1.22. The van der Waals surface area contributed by atoms with Crippen LogP contribution < -0.4 is 5.32 Å². The Morgan fingerprint density at radius 1 is 1.47 bits per heavy atom. The summed E-state index contributed by atoms with van der Waals surface area (Å²) in [5.74, 6) is 0. The molecule has 1 aliphatic heterocycles. The van der Waals surface area contributed by atoms with Crippen molar-refractivity contribution in [2.75, 3.05) is 13.2 Å². The second kappa shape index (κ2) is 4.49. The van der Waals surface area contributed by atoms with Gasteiger partial charge < -0.3 is 9.74 Å². The number of hydrogen-bond donors (Lipinski definition) is 1. The van der Waals surface area contributed by atoms with E-state index in [9.17, 15) is 0 Å². The molecule has 0 aromatic carbocycles. The molecule has 15 heavy (non-hydrogen) atoms. The van der Waals surface area contributed by atoms with E-state index in [1.54, 1.807) is 6.34 Å². The summed E-state index contributed by atoms with van der Waals surface area (Å²) in [5, 5.41) is 3.36. The van der Waals surface area contributed by atoms with Gasteiger partial charge >= 0.3 is 0 Å². The van der Waals surface area contributed by atoms with E-state index < -0.39 is 8.32 Å². The van der Waals surface area contributed by atoms with E-state index in [0.717, 1.165) is 6.54 Å². The fourth-order valence-electron chi connectivity index (χ4n) is 0.996. The van der Waals surface area contributed by atoms with Crippen molar-refractivity contribution >= 4 is 14.7 Å². The third-order valence-corrected chi connectivity index (χ3v) is 7.66. The average molecular weight is 226 g/mol. The van der Waals surface area contributed by atoms with E-state index in [1.807, 2.05) is 6.20 Å². The smallest absolute Gasteiger partial charge is 0.192 e. The van der Waals surface area contributed by atoms with E-state index in [1.165, 1.54) is 5.57 Å². The summed E-state index contributed by atoms with van der Waals surface area (Å²) in [6, 6.07) is 0. The van der Waals surface area contributed by atoms with Gasteiger partial charge in [-0.05, 0) is 23.7 Å². The SMILES string of the molecule is CC(C)(C)[Si](C)(C)OCC1=CN=CNC1. The van der Waals surface area contributed by atoms with Crippen LogP contribution >= 0.6 is 0 Å². The molecule has 0 amide bonds. The van der Waals surface area contributed by atoms with Gasteiger partial charge in [0.05, 0.1) is 12.9 Å². The predicted molar refractivity (Wildman–Crippen MR) is 67.7 cm³/mol. The fourth-order valence-corrected chi connectivity index (χ4v) is 1.97. The molecule has 1 heterocycles. The van der Waals surface area contributed by atoms with Crippen LogP contribution in [0.1, 0.15) is 20.8 Å². The van der Waals surface area contributed by atoms with Crippen molar-refractivity contribution in [2.45, 2.75) is 38.9 Å². The number of nitrogens with zero attached hydrogens (tertiary/aromatic N) is 1. The van der Waals surface area contributed by atoms with Gasteiger partial charge in [0.1, 0.15) is 0 Å². The maximum atomic E-state index is 6.09. The number of rotatable bonds is 3. The first-order valence-corrected chi connectivity index (χ1v) is 8.31. The first-order chi connectivity index (χ1) is 6.83. The summed E-state index contributed by atoms with van der Waals surface area (Å²) >= 11 is 0. The Bertz CT molecular complexity index is 277. The summed E-state index contributed by atoms with van der Waals surface area (Å²) < 4.78 is 6.09. The molecule has 0 unspecified atom stereocenters. The first-order valence-electron chi connectivity index (χ1n) is 5.40. The molecule has 86 valence electrons. The Labute approximate surface area is 93.8 Å². The highest BCUT2D eigenvalue weighted by molar-refractivity contribution is 6.74. The average Bonchev–Trinajstić information content (AvgIpc) is 2.15. The molecule has 4 heteroatoms. The molecule has 1 N–H and O–H groups in total. The highest BCUT2D eigenvalue weighted by atomic mass is 28.4. The lowest BCUT2D eigenvalue weighted by molar-refractivity contribution is 0.316. The zero-order valence-electron chi connectivity index (χ0n) is 10.4. The van der Waals surface area contributed by atoms with Crippen LogP contribution in [0.4, 0.5) is 0 Å².